The Morgan fingerprint density at radius 2 is 1.90 bits per heavy atom. The maximum Gasteiger partial charge on any atom is 0.258 e. The smallest absolute Gasteiger partial charge is 0.258 e. The lowest BCUT2D eigenvalue weighted by molar-refractivity contribution is 0.432. The van der Waals surface area contributed by atoms with Gasteiger partial charge in [-0.1, -0.05) is 30.1 Å². The Hall–Kier alpha value is -2.01. The summed E-state index contributed by atoms with van der Waals surface area (Å²) in [4.78, 5) is 9.40. The highest BCUT2D eigenvalue weighted by atomic mass is 32.1. The van der Waals surface area contributed by atoms with Crippen molar-refractivity contribution < 1.29 is 4.52 Å². The lowest BCUT2D eigenvalue weighted by atomic mass is 9.97. The van der Waals surface area contributed by atoms with E-state index in [-0.39, 0.29) is 0 Å². The predicted molar refractivity (Wildman–Crippen MR) is 82.1 cm³/mol. The third-order valence-corrected chi connectivity index (χ3v) is 4.83. The molecular formula is C16H15N3OS. The molecule has 0 spiro atoms. The first-order chi connectivity index (χ1) is 10.4. The second kappa shape index (κ2) is 5.41. The van der Waals surface area contributed by atoms with Crippen LogP contribution in [0.15, 0.2) is 40.5 Å². The van der Waals surface area contributed by atoms with Crippen LogP contribution in [0.25, 0.3) is 22.2 Å². The van der Waals surface area contributed by atoms with Crippen molar-refractivity contribution in [3.63, 3.8) is 0 Å². The van der Waals surface area contributed by atoms with E-state index in [1.165, 1.54) is 42.6 Å². The third kappa shape index (κ3) is 2.49. The Bertz CT molecular complexity index is 712. The van der Waals surface area contributed by atoms with Crippen molar-refractivity contribution in [2.24, 2.45) is 0 Å². The van der Waals surface area contributed by atoms with E-state index in [0.29, 0.717) is 11.7 Å². The van der Waals surface area contributed by atoms with Gasteiger partial charge in [-0.2, -0.15) is 4.98 Å². The molecule has 0 unspecified atom stereocenters. The van der Waals surface area contributed by atoms with Gasteiger partial charge in [0.15, 0.2) is 0 Å². The zero-order valence-electron chi connectivity index (χ0n) is 11.5. The molecule has 5 heteroatoms. The molecule has 0 atom stereocenters. The van der Waals surface area contributed by atoms with Crippen LogP contribution in [0.5, 0.6) is 0 Å². The summed E-state index contributed by atoms with van der Waals surface area (Å²) in [5.74, 6) is 1.90. The molecule has 1 saturated carbocycles. The Morgan fingerprint density at radius 1 is 1.10 bits per heavy atom. The van der Waals surface area contributed by atoms with Gasteiger partial charge in [-0.25, -0.2) is 0 Å². The highest BCUT2D eigenvalue weighted by molar-refractivity contribution is 7.13. The van der Waals surface area contributed by atoms with E-state index in [1.807, 2.05) is 0 Å². The second-order valence-electron chi connectivity index (χ2n) is 5.39. The number of aromatic nitrogens is 3. The zero-order valence-corrected chi connectivity index (χ0v) is 12.3. The van der Waals surface area contributed by atoms with Crippen molar-refractivity contribution in [1.82, 2.24) is 15.1 Å². The fourth-order valence-electron chi connectivity index (χ4n) is 2.92. The Morgan fingerprint density at radius 3 is 2.62 bits per heavy atom. The largest absolute Gasteiger partial charge is 0.334 e. The van der Waals surface area contributed by atoms with Gasteiger partial charge in [-0.05, 0) is 36.5 Å². The van der Waals surface area contributed by atoms with Crippen molar-refractivity contribution >= 4 is 11.3 Å². The molecule has 0 bridgehead atoms. The van der Waals surface area contributed by atoms with Gasteiger partial charge >= 0.3 is 0 Å². The monoisotopic (exact) mass is 297 g/mol. The molecule has 4 nitrogen and oxygen atoms in total. The number of benzene rings is 1. The summed E-state index contributed by atoms with van der Waals surface area (Å²) in [6.45, 7) is 0. The zero-order chi connectivity index (χ0) is 14.1. The van der Waals surface area contributed by atoms with Gasteiger partial charge < -0.3 is 4.52 Å². The fourth-order valence-corrected chi connectivity index (χ4v) is 3.47. The van der Waals surface area contributed by atoms with Crippen LogP contribution in [0.3, 0.4) is 0 Å². The Labute approximate surface area is 126 Å². The van der Waals surface area contributed by atoms with Crippen LogP contribution in [0, 0.1) is 0 Å². The van der Waals surface area contributed by atoms with Crippen LogP contribution >= 0.6 is 11.3 Å². The van der Waals surface area contributed by atoms with Crippen molar-refractivity contribution in [3.05, 3.63) is 41.5 Å². The molecule has 1 aliphatic rings. The summed E-state index contributed by atoms with van der Waals surface area (Å²) < 4.78 is 5.36. The van der Waals surface area contributed by atoms with Gasteiger partial charge in [0, 0.05) is 11.8 Å². The van der Waals surface area contributed by atoms with Gasteiger partial charge in [0.05, 0.1) is 10.4 Å². The lowest BCUT2D eigenvalue weighted by Gasteiger charge is -2.08. The minimum Gasteiger partial charge on any atom is -0.334 e. The van der Waals surface area contributed by atoms with Gasteiger partial charge in [-0.15, -0.1) is 11.3 Å². The average molecular weight is 297 g/mol. The molecule has 4 rings (SSSR count). The predicted octanol–water partition coefficient (Wildman–Crippen LogP) is 4.52. The van der Waals surface area contributed by atoms with Crippen molar-refractivity contribution in [1.29, 1.82) is 0 Å². The average Bonchev–Trinajstić information content (AvgIpc) is 3.27. The first kappa shape index (κ1) is 12.7. The number of nitrogens with zero attached hydrogens (tertiary/aromatic N) is 3. The van der Waals surface area contributed by atoms with Crippen LogP contribution in [-0.4, -0.2) is 15.1 Å². The summed E-state index contributed by atoms with van der Waals surface area (Å²) in [7, 11) is 0. The van der Waals surface area contributed by atoms with Crippen molar-refractivity contribution in [2.45, 2.75) is 31.6 Å². The van der Waals surface area contributed by atoms with Crippen LogP contribution in [0.2, 0.25) is 0 Å². The number of thiazole rings is 1. The highest BCUT2D eigenvalue weighted by Crippen LogP contribution is 2.34. The van der Waals surface area contributed by atoms with Crippen LogP contribution < -0.4 is 0 Å². The molecule has 1 fully saturated rings. The van der Waals surface area contributed by atoms with E-state index in [2.05, 4.69) is 39.4 Å². The van der Waals surface area contributed by atoms with E-state index in [4.69, 9.17) is 4.52 Å². The third-order valence-electron chi connectivity index (χ3n) is 4.06. The minimum absolute atomic E-state index is 0.566. The molecule has 0 N–H and O–H groups in total. The molecule has 21 heavy (non-hydrogen) atoms. The molecule has 3 aromatic rings. The molecule has 2 heterocycles. The van der Waals surface area contributed by atoms with Gasteiger partial charge in [0.1, 0.15) is 0 Å². The van der Waals surface area contributed by atoms with Gasteiger partial charge in [-0.3, -0.25) is 4.98 Å². The number of rotatable bonds is 3. The van der Waals surface area contributed by atoms with Crippen LogP contribution in [0.4, 0.5) is 0 Å². The normalized spacial score (nSPS) is 15.6. The highest BCUT2D eigenvalue weighted by Gasteiger charge is 2.17. The van der Waals surface area contributed by atoms with Gasteiger partial charge in [0.25, 0.3) is 5.89 Å². The molecule has 106 valence electrons. The standard InChI is InChI=1S/C16H15N3OS/c1-2-4-11(3-1)12-5-7-13(8-6-12)16-18-15(19-20-16)14-9-17-10-21-14/h5-11H,1-4H2. The molecule has 0 radical (unpaired) electrons. The Kier molecular flexibility index (Phi) is 3.27. The number of hydrogen-bond donors (Lipinski definition) is 0. The first-order valence-corrected chi connectivity index (χ1v) is 8.11. The summed E-state index contributed by atoms with van der Waals surface area (Å²) in [5, 5.41) is 4.02. The fraction of sp³-hybridized carbons (Fsp3) is 0.312. The molecular weight excluding hydrogens is 282 g/mol. The summed E-state index contributed by atoms with van der Waals surface area (Å²) in [6.07, 6.45) is 7.09. The SMILES string of the molecule is c1ncc(-c2noc(-c3ccc(C4CCCC4)cc3)n2)s1. The van der Waals surface area contributed by atoms with E-state index >= 15 is 0 Å². The Balaban J connectivity index is 1.58. The maximum atomic E-state index is 5.36. The summed E-state index contributed by atoms with van der Waals surface area (Å²) in [6, 6.07) is 8.55. The van der Waals surface area contributed by atoms with E-state index in [0.717, 1.165) is 16.4 Å². The molecule has 0 saturated heterocycles. The molecule has 0 amide bonds. The van der Waals surface area contributed by atoms with Crippen LogP contribution in [-0.2, 0) is 0 Å². The molecule has 0 aliphatic heterocycles. The molecule has 1 aromatic carbocycles. The number of hydrogen-bond acceptors (Lipinski definition) is 5. The van der Waals surface area contributed by atoms with Crippen LogP contribution in [0.1, 0.15) is 37.2 Å². The molecule has 2 aromatic heterocycles. The lowest BCUT2D eigenvalue weighted by Crippen LogP contribution is -1.91. The maximum absolute atomic E-state index is 5.36. The summed E-state index contributed by atoms with van der Waals surface area (Å²) >= 11 is 1.51. The summed E-state index contributed by atoms with van der Waals surface area (Å²) in [5.41, 5.74) is 4.17. The van der Waals surface area contributed by atoms with E-state index in [9.17, 15) is 0 Å². The van der Waals surface area contributed by atoms with Crippen molar-refractivity contribution in [3.8, 4) is 22.2 Å². The van der Waals surface area contributed by atoms with E-state index < -0.39 is 0 Å². The minimum atomic E-state index is 0.566. The van der Waals surface area contributed by atoms with E-state index in [1.54, 1.807) is 11.7 Å². The second-order valence-corrected chi connectivity index (χ2v) is 6.28. The molecule has 1 aliphatic carbocycles. The quantitative estimate of drug-likeness (QED) is 0.713. The van der Waals surface area contributed by atoms with Crippen molar-refractivity contribution in [2.75, 3.05) is 0 Å². The topological polar surface area (TPSA) is 51.8 Å². The van der Waals surface area contributed by atoms with Gasteiger partial charge in [0.2, 0.25) is 5.82 Å². The first-order valence-electron chi connectivity index (χ1n) is 7.23.